The quantitative estimate of drug-likeness (QED) is 0.490. The van der Waals surface area contributed by atoms with E-state index in [1.165, 1.54) is 0 Å². The average Bonchev–Trinajstić information content (AvgIpc) is 2.08. The second kappa shape index (κ2) is 7.49. The van der Waals surface area contributed by atoms with Crippen LogP contribution < -0.4 is 0 Å². The zero-order valence-corrected chi connectivity index (χ0v) is 10.1. The van der Waals surface area contributed by atoms with Crippen LogP contribution in [0.5, 0.6) is 0 Å². The second-order valence-electron chi connectivity index (χ2n) is 4.54. The number of alkyl halides is 1. The van der Waals surface area contributed by atoms with Crippen molar-refractivity contribution < 1.29 is 10.2 Å². The minimum atomic E-state index is -0.656. The number of hydrogen-bond acceptors (Lipinski definition) is 2. The van der Waals surface area contributed by atoms with Crippen LogP contribution in [0.2, 0.25) is 0 Å². The molecule has 0 aromatic rings. The van der Waals surface area contributed by atoms with E-state index in [2.05, 4.69) is 0 Å². The summed E-state index contributed by atoms with van der Waals surface area (Å²) in [4.78, 5) is 0. The van der Waals surface area contributed by atoms with Gasteiger partial charge in [0.1, 0.15) is 0 Å². The van der Waals surface area contributed by atoms with Gasteiger partial charge in [-0.15, -0.1) is 11.6 Å². The maximum atomic E-state index is 9.57. The normalized spacial score (nSPS) is 14.4. The maximum absolute atomic E-state index is 9.57. The molecule has 0 fully saturated rings. The van der Waals surface area contributed by atoms with E-state index in [9.17, 15) is 10.2 Å². The molecule has 0 saturated heterocycles. The molecule has 1 atom stereocenters. The Bertz CT molecular complexity index is 132. The molecular formula is C11H23ClO2. The van der Waals surface area contributed by atoms with Crippen LogP contribution in [0, 0.1) is 0 Å². The topological polar surface area (TPSA) is 40.5 Å². The molecule has 0 aliphatic carbocycles. The summed E-state index contributed by atoms with van der Waals surface area (Å²) in [6, 6.07) is 0. The van der Waals surface area contributed by atoms with Gasteiger partial charge in [0.25, 0.3) is 0 Å². The van der Waals surface area contributed by atoms with E-state index in [0.717, 1.165) is 25.7 Å². The molecule has 0 saturated carbocycles. The number of unbranched alkanes of at least 4 members (excludes halogenated alkanes) is 2. The Morgan fingerprint density at radius 1 is 1.14 bits per heavy atom. The molecule has 0 aliphatic heterocycles. The molecule has 0 spiro atoms. The first-order valence-electron chi connectivity index (χ1n) is 5.42. The molecule has 0 unspecified atom stereocenters. The molecule has 14 heavy (non-hydrogen) atoms. The molecule has 0 aliphatic rings. The van der Waals surface area contributed by atoms with Crippen molar-refractivity contribution in [2.75, 3.05) is 5.88 Å². The minimum Gasteiger partial charge on any atom is -0.393 e. The van der Waals surface area contributed by atoms with Crippen LogP contribution in [0.1, 0.15) is 52.4 Å². The minimum absolute atomic E-state index is 0.267. The van der Waals surface area contributed by atoms with E-state index < -0.39 is 5.60 Å². The highest BCUT2D eigenvalue weighted by atomic mass is 35.5. The fourth-order valence-corrected chi connectivity index (χ4v) is 1.50. The summed E-state index contributed by atoms with van der Waals surface area (Å²) in [5.41, 5.74) is -0.656. The lowest BCUT2D eigenvalue weighted by atomic mass is 9.98. The van der Waals surface area contributed by atoms with Crippen LogP contribution >= 0.6 is 11.6 Å². The van der Waals surface area contributed by atoms with Crippen LogP contribution in [-0.2, 0) is 0 Å². The van der Waals surface area contributed by atoms with Gasteiger partial charge in [0.05, 0.1) is 11.7 Å². The Morgan fingerprint density at radius 2 is 1.79 bits per heavy atom. The molecule has 0 rings (SSSR count). The number of aliphatic hydroxyl groups excluding tert-OH is 1. The summed E-state index contributed by atoms with van der Waals surface area (Å²) in [6.45, 7) is 3.54. The van der Waals surface area contributed by atoms with Gasteiger partial charge < -0.3 is 10.2 Å². The van der Waals surface area contributed by atoms with E-state index in [-0.39, 0.29) is 6.10 Å². The Balaban J connectivity index is 3.32. The van der Waals surface area contributed by atoms with Crippen molar-refractivity contribution in [3.05, 3.63) is 0 Å². The van der Waals surface area contributed by atoms with Crippen molar-refractivity contribution >= 4 is 11.6 Å². The van der Waals surface area contributed by atoms with E-state index in [0.29, 0.717) is 18.7 Å². The molecule has 2 N–H and O–H groups in total. The van der Waals surface area contributed by atoms with Crippen LogP contribution in [-0.4, -0.2) is 27.8 Å². The summed E-state index contributed by atoms with van der Waals surface area (Å²) in [7, 11) is 0. The van der Waals surface area contributed by atoms with Crippen molar-refractivity contribution in [3.8, 4) is 0 Å². The van der Waals surface area contributed by atoms with Crippen molar-refractivity contribution in [1.82, 2.24) is 0 Å². The lowest BCUT2D eigenvalue weighted by Crippen LogP contribution is -2.21. The van der Waals surface area contributed by atoms with Crippen molar-refractivity contribution in [1.29, 1.82) is 0 Å². The Labute approximate surface area is 92.3 Å². The summed E-state index contributed by atoms with van der Waals surface area (Å²) < 4.78 is 0. The molecule has 0 radical (unpaired) electrons. The zero-order chi connectivity index (χ0) is 11.0. The Hall–Kier alpha value is 0.210. The first-order valence-corrected chi connectivity index (χ1v) is 5.95. The van der Waals surface area contributed by atoms with E-state index in [4.69, 9.17) is 11.6 Å². The highest BCUT2D eigenvalue weighted by Gasteiger charge is 2.14. The molecule has 3 heteroatoms. The van der Waals surface area contributed by atoms with Crippen LogP contribution in [0.4, 0.5) is 0 Å². The SMILES string of the molecule is CC(C)(O)CC[C@@H](O)CCCCCCl. The predicted molar refractivity (Wildman–Crippen MR) is 60.7 cm³/mol. The van der Waals surface area contributed by atoms with E-state index in [1.807, 2.05) is 0 Å². The number of hydrogen-bond donors (Lipinski definition) is 2. The van der Waals surface area contributed by atoms with Gasteiger partial charge >= 0.3 is 0 Å². The predicted octanol–water partition coefficient (Wildman–Crippen LogP) is 2.70. The smallest absolute Gasteiger partial charge is 0.0592 e. The van der Waals surface area contributed by atoms with Gasteiger partial charge in [0.15, 0.2) is 0 Å². The maximum Gasteiger partial charge on any atom is 0.0592 e. The first-order chi connectivity index (χ1) is 6.45. The van der Waals surface area contributed by atoms with Gasteiger partial charge in [-0.05, 0) is 39.5 Å². The van der Waals surface area contributed by atoms with E-state index >= 15 is 0 Å². The third-order valence-corrected chi connectivity index (χ3v) is 2.53. The summed E-state index contributed by atoms with van der Waals surface area (Å²) in [5, 5.41) is 19.0. The second-order valence-corrected chi connectivity index (χ2v) is 4.92. The van der Waals surface area contributed by atoms with Gasteiger partial charge in [0, 0.05) is 5.88 Å². The van der Waals surface area contributed by atoms with E-state index in [1.54, 1.807) is 13.8 Å². The molecule has 2 nitrogen and oxygen atoms in total. The summed E-state index contributed by atoms with van der Waals surface area (Å²) >= 11 is 5.54. The number of rotatable bonds is 8. The highest BCUT2D eigenvalue weighted by Crippen LogP contribution is 2.15. The standard InChI is InChI=1S/C11H23ClO2/c1-11(2,14)8-7-10(13)6-4-3-5-9-12/h10,13-14H,3-9H2,1-2H3/t10-/m0/s1. The fraction of sp³-hybridized carbons (Fsp3) is 1.00. The van der Waals surface area contributed by atoms with Crippen molar-refractivity contribution in [3.63, 3.8) is 0 Å². The monoisotopic (exact) mass is 222 g/mol. The van der Waals surface area contributed by atoms with Gasteiger partial charge in [-0.1, -0.05) is 12.8 Å². The fourth-order valence-electron chi connectivity index (χ4n) is 1.32. The van der Waals surface area contributed by atoms with Crippen LogP contribution in [0.3, 0.4) is 0 Å². The molecule has 0 bridgehead atoms. The van der Waals surface area contributed by atoms with Gasteiger partial charge in [-0.3, -0.25) is 0 Å². The highest BCUT2D eigenvalue weighted by molar-refractivity contribution is 6.17. The molecular weight excluding hydrogens is 200 g/mol. The molecule has 0 amide bonds. The Morgan fingerprint density at radius 3 is 2.29 bits per heavy atom. The number of halogens is 1. The molecule has 0 aromatic carbocycles. The molecule has 0 aromatic heterocycles. The van der Waals surface area contributed by atoms with Crippen molar-refractivity contribution in [2.24, 2.45) is 0 Å². The lowest BCUT2D eigenvalue weighted by Gasteiger charge is -2.19. The largest absolute Gasteiger partial charge is 0.393 e. The van der Waals surface area contributed by atoms with Crippen LogP contribution in [0.15, 0.2) is 0 Å². The zero-order valence-electron chi connectivity index (χ0n) is 9.30. The number of aliphatic hydroxyl groups is 2. The van der Waals surface area contributed by atoms with Gasteiger partial charge in [-0.2, -0.15) is 0 Å². The molecule has 0 heterocycles. The molecule has 86 valence electrons. The van der Waals surface area contributed by atoms with Gasteiger partial charge in [-0.25, -0.2) is 0 Å². The van der Waals surface area contributed by atoms with Gasteiger partial charge in [0.2, 0.25) is 0 Å². The summed E-state index contributed by atoms with van der Waals surface area (Å²) in [6.07, 6.45) is 5.04. The first kappa shape index (κ1) is 14.2. The third kappa shape index (κ3) is 10.3. The summed E-state index contributed by atoms with van der Waals surface area (Å²) in [5.74, 6) is 0.708. The average molecular weight is 223 g/mol. The third-order valence-electron chi connectivity index (χ3n) is 2.26. The lowest BCUT2D eigenvalue weighted by molar-refractivity contribution is 0.0465. The van der Waals surface area contributed by atoms with Crippen LogP contribution in [0.25, 0.3) is 0 Å². The van der Waals surface area contributed by atoms with Crippen molar-refractivity contribution in [2.45, 2.75) is 64.1 Å². The Kier molecular flexibility index (Phi) is 7.61.